The average Bonchev–Trinajstić information content (AvgIpc) is 2.63. The summed E-state index contributed by atoms with van der Waals surface area (Å²) in [5.41, 5.74) is 3.37. The number of hydrogen-bond acceptors (Lipinski definition) is 4. The fraction of sp³-hybridized carbons (Fsp3) is 0.105. The van der Waals surface area contributed by atoms with E-state index in [1.807, 2.05) is 55.5 Å². The van der Waals surface area contributed by atoms with E-state index >= 15 is 0 Å². The summed E-state index contributed by atoms with van der Waals surface area (Å²) >= 11 is 3.46. The SMILES string of the molecule is Cc1ccccc1CNC(=O)c1ccnc(Nc2ccccc2Br)n1. The van der Waals surface area contributed by atoms with Crippen LogP contribution in [0.4, 0.5) is 11.6 Å². The van der Waals surface area contributed by atoms with Crippen molar-refractivity contribution in [3.63, 3.8) is 0 Å². The van der Waals surface area contributed by atoms with Crippen LogP contribution in [0.5, 0.6) is 0 Å². The summed E-state index contributed by atoms with van der Waals surface area (Å²) in [6.07, 6.45) is 1.56. The molecule has 0 aliphatic carbocycles. The van der Waals surface area contributed by atoms with Crippen LogP contribution in [-0.4, -0.2) is 15.9 Å². The highest BCUT2D eigenvalue weighted by atomic mass is 79.9. The monoisotopic (exact) mass is 396 g/mol. The van der Waals surface area contributed by atoms with Crippen molar-refractivity contribution in [3.8, 4) is 0 Å². The van der Waals surface area contributed by atoms with Crippen LogP contribution in [0.2, 0.25) is 0 Å². The van der Waals surface area contributed by atoms with Crippen molar-refractivity contribution in [2.24, 2.45) is 0 Å². The lowest BCUT2D eigenvalue weighted by Crippen LogP contribution is -2.24. The normalized spacial score (nSPS) is 10.3. The van der Waals surface area contributed by atoms with Crippen molar-refractivity contribution in [3.05, 3.63) is 82.1 Å². The van der Waals surface area contributed by atoms with Crippen LogP contribution in [0.25, 0.3) is 0 Å². The maximum absolute atomic E-state index is 12.4. The standard InChI is InChI=1S/C19H17BrN4O/c1-13-6-2-3-7-14(13)12-22-18(25)17-10-11-21-19(24-17)23-16-9-5-4-8-15(16)20/h2-11H,12H2,1H3,(H,22,25)(H,21,23,24). The fourth-order valence-electron chi connectivity index (χ4n) is 2.30. The maximum atomic E-state index is 12.4. The van der Waals surface area contributed by atoms with Crippen LogP contribution in [0.15, 0.2) is 65.3 Å². The molecule has 0 spiro atoms. The number of aromatic nitrogens is 2. The summed E-state index contributed by atoms with van der Waals surface area (Å²) in [6.45, 7) is 2.48. The van der Waals surface area contributed by atoms with Gasteiger partial charge in [-0.3, -0.25) is 4.79 Å². The minimum absolute atomic E-state index is 0.235. The number of rotatable bonds is 5. The lowest BCUT2D eigenvalue weighted by molar-refractivity contribution is 0.0946. The van der Waals surface area contributed by atoms with Gasteiger partial charge in [-0.15, -0.1) is 0 Å². The van der Waals surface area contributed by atoms with Gasteiger partial charge in [0.25, 0.3) is 5.91 Å². The number of benzene rings is 2. The molecule has 0 saturated carbocycles. The van der Waals surface area contributed by atoms with Gasteiger partial charge in [0.05, 0.1) is 5.69 Å². The Bertz CT molecular complexity index is 898. The second-order valence-corrected chi connectivity index (χ2v) is 6.33. The highest BCUT2D eigenvalue weighted by Crippen LogP contribution is 2.23. The first-order valence-electron chi connectivity index (χ1n) is 7.81. The molecule has 0 aliphatic rings. The lowest BCUT2D eigenvalue weighted by atomic mass is 10.1. The van der Waals surface area contributed by atoms with Crippen molar-refractivity contribution in [2.75, 3.05) is 5.32 Å². The third kappa shape index (κ3) is 4.42. The van der Waals surface area contributed by atoms with Crippen molar-refractivity contribution in [1.82, 2.24) is 15.3 Å². The second kappa shape index (κ2) is 7.90. The van der Waals surface area contributed by atoms with Crippen molar-refractivity contribution >= 4 is 33.5 Å². The zero-order valence-corrected chi connectivity index (χ0v) is 15.2. The number of amides is 1. The highest BCUT2D eigenvalue weighted by Gasteiger charge is 2.10. The highest BCUT2D eigenvalue weighted by molar-refractivity contribution is 9.10. The molecule has 1 heterocycles. The quantitative estimate of drug-likeness (QED) is 0.677. The number of aryl methyl sites for hydroxylation is 1. The molecule has 0 unspecified atom stereocenters. The molecule has 25 heavy (non-hydrogen) atoms. The Morgan fingerprint density at radius 1 is 1.08 bits per heavy atom. The van der Waals surface area contributed by atoms with Gasteiger partial charge in [-0.05, 0) is 52.2 Å². The van der Waals surface area contributed by atoms with Gasteiger partial charge in [0.15, 0.2) is 0 Å². The van der Waals surface area contributed by atoms with Gasteiger partial charge >= 0.3 is 0 Å². The minimum Gasteiger partial charge on any atom is -0.347 e. The van der Waals surface area contributed by atoms with Crippen LogP contribution < -0.4 is 10.6 Å². The molecule has 2 N–H and O–H groups in total. The van der Waals surface area contributed by atoms with E-state index in [2.05, 4.69) is 36.5 Å². The van der Waals surface area contributed by atoms with E-state index in [1.54, 1.807) is 12.3 Å². The van der Waals surface area contributed by atoms with Gasteiger partial charge < -0.3 is 10.6 Å². The summed E-state index contributed by atoms with van der Waals surface area (Å²) in [7, 11) is 0. The lowest BCUT2D eigenvalue weighted by Gasteiger charge is -2.09. The zero-order chi connectivity index (χ0) is 17.6. The Morgan fingerprint density at radius 2 is 1.84 bits per heavy atom. The number of carbonyl (C=O) groups is 1. The van der Waals surface area contributed by atoms with Crippen LogP contribution in [0, 0.1) is 6.92 Å². The molecule has 5 nitrogen and oxygen atoms in total. The molecule has 0 bridgehead atoms. The third-order valence-electron chi connectivity index (χ3n) is 3.71. The van der Waals surface area contributed by atoms with E-state index in [0.717, 1.165) is 21.3 Å². The molecule has 2 aromatic carbocycles. The van der Waals surface area contributed by atoms with Gasteiger partial charge in [-0.25, -0.2) is 9.97 Å². The Balaban J connectivity index is 1.69. The molecule has 3 rings (SSSR count). The average molecular weight is 397 g/mol. The number of nitrogens with one attached hydrogen (secondary N) is 2. The van der Waals surface area contributed by atoms with Crippen molar-refractivity contribution in [1.29, 1.82) is 0 Å². The van der Waals surface area contributed by atoms with Crippen molar-refractivity contribution in [2.45, 2.75) is 13.5 Å². The second-order valence-electron chi connectivity index (χ2n) is 5.48. The predicted octanol–water partition coefficient (Wildman–Crippen LogP) is 4.22. The Kier molecular flexibility index (Phi) is 5.40. The first-order chi connectivity index (χ1) is 12.1. The van der Waals surface area contributed by atoms with E-state index in [9.17, 15) is 4.79 Å². The predicted molar refractivity (Wildman–Crippen MR) is 102 cm³/mol. The molecule has 6 heteroatoms. The first-order valence-corrected chi connectivity index (χ1v) is 8.60. The van der Waals surface area contributed by atoms with Crippen LogP contribution in [0.3, 0.4) is 0 Å². The van der Waals surface area contributed by atoms with Gasteiger partial charge in [0.2, 0.25) is 5.95 Å². The molecule has 0 atom stereocenters. The summed E-state index contributed by atoms with van der Waals surface area (Å²) in [4.78, 5) is 20.8. The third-order valence-corrected chi connectivity index (χ3v) is 4.40. The summed E-state index contributed by atoms with van der Waals surface area (Å²) < 4.78 is 0.896. The molecule has 0 fully saturated rings. The molecule has 3 aromatic rings. The van der Waals surface area contributed by atoms with E-state index in [-0.39, 0.29) is 5.91 Å². The van der Waals surface area contributed by atoms with E-state index in [1.165, 1.54) is 0 Å². The van der Waals surface area contributed by atoms with Crippen LogP contribution in [-0.2, 0) is 6.54 Å². The zero-order valence-electron chi connectivity index (χ0n) is 13.7. The molecule has 0 radical (unpaired) electrons. The largest absolute Gasteiger partial charge is 0.347 e. The summed E-state index contributed by atoms with van der Waals surface area (Å²) in [6, 6.07) is 17.2. The Hall–Kier alpha value is -2.73. The topological polar surface area (TPSA) is 66.9 Å². The molecule has 0 saturated heterocycles. The Morgan fingerprint density at radius 3 is 2.64 bits per heavy atom. The van der Waals surface area contributed by atoms with Crippen LogP contribution in [0.1, 0.15) is 21.6 Å². The number of anilines is 2. The van der Waals surface area contributed by atoms with Crippen molar-refractivity contribution < 1.29 is 4.79 Å². The smallest absolute Gasteiger partial charge is 0.270 e. The summed E-state index contributed by atoms with van der Waals surface area (Å²) in [5, 5.41) is 5.99. The molecule has 126 valence electrons. The fourth-order valence-corrected chi connectivity index (χ4v) is 2.69. The molecule has 0 aliphatic heterocycles. The van der Waals surface area contributed by atoms with E-state index < -0.39 is 0 Å². The minimum atomic E-state index is -0.235. The molecular weight excluding hydrogens is 380 g/mol. The van der Waals surface area contributed by atoms with Crippen LogP contribution >= 0.6 is 15.9 Å². The molecule has 1 amide bonds. The van der Waals surface area contributed by atoms with Gasteiger partial charge in [0, 0.05) is 17.2 Å². The molecular formula is C19H17BrN4O. The van der Waals surface area contributed by atoms with Gasteiger partial charge in [0.1, 0.15) is 5.69 Å². The van der Waals surface area contributed by atoms with Gasteiger partial charge in [-0.2, -0.15) is 0 Å². The van der Waals surface area contributed by atoms with Gasteiger partial charge in [-0.1, -0.05) is 36.4 Å². The summed E-state index contributed by atoms with van der Waals surface area (Å²) in [5.74, 6) is 0.135. The number of nitrogens with zero attached hydrogens (tertiary/aromatic N) is 2. The number of carbonyl (C=O) groups excluding carboxylic acids is 1. The van der Waals surface area contributed by atoms with E-state index in [4.69, 9.17) is 0 Å². The Labute approximate surface area is 154 Å². The molecule has 1 aromatic heterocycles. The number of para-hydroxylation sites is 1. The van der Waals surface area contributed by atoms with E-state index in [0.29, 0.717) is 18.2 Å². The first kappa shape index (κ1) is 17.1. The number of halogens is 1. The number of hydrogen-bond donors (Lipinski definition) is 2. The maximum Gasteiger partial charge on any atom is 0.270 e.